The highest BCUT2D eigenvalue weighted by atomic mass is 16.5. The Balaban J connectivity index is 2.01. The lowest BCUT2D eigenvalue weighted by molar-refractivity contribution is 0.108. The third-order valence-electron chi connectivity index (χ3n) is 3.31. The summed E-state index contributed by atoms with van der Waals surface area (Å²) in [5.41, 5.74) is 8.82. The molecule has 3 nitrogen and oxygen atoms in total. The highest BCUT2D eigenvalue weighted by Crippen LogP contribution is 2.23. The van der Waals surface area contributed by atoms with E-state index in [0.29, 0.717) is 0 Å². The van der Waals surface area contributed by atoms with E-state index in [1.165, 1.54) is 0 Å². The van der Waals surface area contributed by atoms with Crippen molar-refractivity contribution in [2.75, 3.05) is 6.61 Å². The first-order valence-corrected chi connectivity index (χ1v) is 6.80. The van der Waals surface area contributed by atoms with Gasteiger partial charge in [-0.25, -0.2) is 0 Å². The van der Waals surface area contributed by atoms with Gasteiger partial charge in [-0.2, -0.15) is 0 Å². The van der Waals surface area contributed by atoms with Crippen LogP contribution in [-0.2, 0) is 0 Å². The molecule has 0 aliphatic heterocycles. The van der Waals surface area contributed by atoms with E-state index in [2.05, 4.69) is 0 Å². The van der Waals surface area contributed by atoms with Crippen LogP contribution in [-0.4, -0.2) is 11.7 Å². The smallest absolute Gasteiger partial charge is 0.122 e. The van der Waals surface area contributed by atoms with E-state index in [4.69, 9.17) is 10.5 Å². The Bertz CT molecular complexity index is 552. The molecule has 2 aromatic carbocycles. The van der Waals surface area contributed by atoms with Gasteiger partial charge in [-0.05, 0) is 36.6 Å². The number of aliphatic hydroxyl groups excluding tert-OH is 1. The highest BCUT2D eigenvalue weighted by Gasteiger charge is 2.09. The van der Waals surface area contributed by atoms with Gasteiger partial charge in [-0.15, -0.1) is 0 Å². The summed E-state index contributed by atoms with van der Waals surface area (Å²) in [6.45, 7) is 4.17. The van der Waals surface area contributed by atoms with Gasteiger partial charge in [0.15, 0.2) is 0 Å². The molecule has 0 fully saturated rings. The van der Waals surface area contributed by atoms with Gasteiger partial charge in [0.2, 0.25) is 0 Å². The van der Waals surface area contributed by atoms with Gasteiger partial charge in [-0.3, -0.25) is 0 Å². The molecule has 0 spiro atoms. The summed E-state index contributed by atoms with van der Waals surface area (Å²) >= 11 is 0. The van der Waals surface area contributed by atoms with Crippen LogP contribution in [0.15, 0.2) is 48.5 Å². The average Bonchev–Trinajstić information content (AvgIpc) is 2.46. The lowest BCUT2D eigenvalue weighted by atomic mass is 10.1. The first kappa shape index (κ1) is 14.6. The Hall–Kier alpha value is -1.84. The third-order valence-corrected chi connectivity index (χ3v) is 3.31. The number of hydrogen-bond acceptors (Lipinski definition) is 3. The number of aliphatic hydroxyl groups is 1. The first-order chi connectivity index (χ1) is 9.58. The second-order valence-electron chi connectivity index (χ2n) is 5.05. The van der Waals surface area contributed by atoms with Crippen molar-refractivity contribution in [1.82, 2.24) is 0 Å². The molecule has 2 unspecified atom stereocenters. The van der Waals surface area contributed by atoms with Gasteiger partial charge in [0.25, 0.3) is 0 Å². The number of rotatable bonds is 5. The summed E-state index contributed by atoms with van der Waals surface area (Å²) in [5.74, 6) is 0.782. The van der Waals surface area contributed by atoms with E-state index in [0.717, 1.165) is 22.4 Å². The largest absolute Gasteiger partial charge is 0.490 e. The van der Waals surface area contributed by atoms with Crippen LogP contribution in [0.25, 0.3) is 0 Å². The van der Waals surface area contributed by atoms with Gasteiger partial charge in [0.1, 0.15) is 18.5 Å². The molecular weight excluding hydrogens is 250 g/mol. The quantitative estimate of drug-likeness (QED) is 0.878. The maximum atomic E-state index is 10.1. The van der Waals surface area contributed by atoms with Crippen LogP contribution < -0.4 is 10.5 Å². The van der Waals surface area contributed by atoms with Crippen LogP contribution in [0.5, 0.6) is 5.75 Å². The second kappa shape index (κ2) is 6.55. The molecule has 0 aliphatic carbocycles. The molecule has 3 N–H and O–H groups in total. The van der Waals surface area contributed by atoms with E-state index >= 15 is 0 Å². The zero-order valence-corrected chi connectivity index (χ0v) is 11.9. The molecule has 0 saturated carbocycles. The number of ether oxygens (including phenoxy) is 1. The Morgan fingerprint density at radius 1 is 1.10 bits per heavy atom. The zero-order valence-electron chi connectivity index (χ0n) is 11.9. The summed E-state index contributed by atoms with van der Waals surface area (Å²) < 4.78 is 5.70. The van der Waals surface area contributed by atoms with E-state index < -0.39 is 6.10 Å². The lowest BCUT2D eigenvalue weighted by Gasteiger charge is -2.15. The number of aryl methyl sites for hydroxylation is 1. The second-order valence-corrected chi connectivity index (χ2v) is 5.05. The molecule has 2 rings (SSSR count). The average molecular weight is 271 g/mol. The van der Waals surface area contributed by atoms with Gasteiger partial charge in [-0.1, -0.05) is 42.5 Å². The number of nitrogens with two attached hydrogens (primary N) is 1. The standard InChI is InChI=1S/C17H21NO2/c1-12-10-15(13(2)18)8-9-17(12)20-11-16(19)14-6-4-3-5-7-14/h3-10,13,16,19H,11,18H2,1-2H3. The maximum Gasteiger partial charge on any atom is 0.122 e. The fourth-order valence-corrected chi connectivity index (χ4v) is 2.06. The molecule has 2 atom stereocenters. The molecular formula is C17H21NO2. The summed E-state index contributed by atoms with van der Waals surface area (Å²) in [4.78, 5) is 0. The number of hydrogen-bond donors (Lipinski definition) is 2. The predicted molar refractivity (Wildman–Crippen MR) is 80.7 cm³/mol. The third kappa shape index (κ3) is 3.59. The highest BCUT2D eigenvalue weighted by molar-refractivity contribution is 5.37. The van der Waals surface area contributed by atoms with E-state index in [-0.39, 0.29) is 12.6 Å². The lowest BCUT2D eigenvalue weighted by Crippen LogP contribution is -2.11. The normalized spacial score (nSPS) is 13.8. The SMILES string of the molecule is Cc1cc(C(C)N)ccc1OCC(O)c1ccccc1. The van der Waals surface area contributed by atoms with Crippen LogP contribution >= 0.6 is 0 Å². The molecule has 0 bridgehead atoms. The van der Waals surface area contributed by atoms with Crippen molar-refractivity contribution in [2.45, 2.75) is 26.0 Å². The summed E-state index contributed by atoms with van der Waals surface area (Å²) in [6.07, 6.45) is -0.622. The van der Waals surface area contributed by atoms with Gasteiger partial charge < -0.3 is 15.6 Å². The van der Waals surface area contributed by atoms with E-state index in [1.54, 1.807) is 0 Å². The Labute approximate surface area is 120 Å². The molecule has 0 saturated heterocycles. The molecule has 20 heavy (non-hydrogen) atoms. The molecule has 0 aromatic heterocycles. The van der Waals surface area contributed by atoms with Crippen molar-refractivity contribution in [3.05, 3.63) is 65.2 Å². The first-order valence-electron chi connectivity index (χ1n) is 6.80. The molecule has 0 amide bonds. The summed E-state index contributed by atoms with van der Waals surface area (Å²) in [6, 6.07) is 15.4. The Morgan fingerprint density at radius 3 is 2.40 bits per heavy atom. The minimum atomic E-state index is -0.622. The summed E-state index contributed by atoms with van der Waals surface area (Å²) in [7, 11) is 0. The van der Waals surface area contributed by atoms with Crippen molar-refractivity contribution in [3.8, 4) is 5.75 Å². The Morgan fingerprint density at radius 2 is 1.80 bits per heavy atom. The van der Waals surface area contributed by atoms with Crippen LogP contribution in [0, 0.1) is 6.92 Å². The zero-order chi connectivity index (χ0) is 14.5. The molecule has 3 heteroatoms. The van der Waals surface area contributed by atoms with Crippen molar-refractivity contribution in [2.24, 2.45) is 5.73 Å². The Kier molecular flexibility index (Phi) is 4.77. The fourth-order valence-electron chi connectivity index (χ4n) is 2.06. The molecule has 0 heterocycles. The van der Waals surface area contributed by atoms with Gasteiger partial charge >= 0.3 is 0 Å². The molecule has 106 valence electrons. The van der Waals surface area contributed by atoms with Crippen molar-refractivity contribution in [1.29, 1.82) is 0 Å². The van der Waals surface area contributed by atoms with E-state index in [1.807, 2.05) is 62.4 Å². The fraction of sp³-hybridized carbons (Fsp3) is 0.294. The van der Waals surface area contributed by atoms with E-state index in [9.17, 15) is 5.11 Å². The topological polar surface area (TPSA) is 55.5 Å². The monoisotopic (exact) mass is 271 g/mol. The molecule has 0 aliphatic rings. The van der Waals surface area contributed by atoms with Gasteiger partial charge in [0, 0.05) is 6.04 Å². The summed E-state index contributed by atoms with van der Waals surface area (Å²) in [5, 5.41) is 10.1. The molecule has 0 radical (unpaired) electrons. The number of benzene rings is 2. The maximum absolute atomic E-state index is 10.1. The van der Waals surface area contributed by atoms with Crippen molar-refractivity contribution in [3.63, 3.8) is 0 Å². The van der Waals surface area contributed by atoms with Crippen LogP contribution in [0.2, 0.25) is 0 Å². The van der Waals surface area contributed by atoms with Crippen LogP contribution in [0.3, 0.4) is 0 Å². The van der Waals surface area contributed by atoms with Crippen LogP contribution in [0.4, 0.5) is 0 Å². The van der Waals surface area contributed by atoms with Crippen molar-refractivity contribution >= 4 is 0 Å². The minimum Gasteiger partial charge on any atom is -0.490 e. The molecule has 2 aromatic rings. The van der Waals surface area contributed by atoms with Crippen LogP contribution in [0.1, 0.15) is 35.8 Å². The minimum absolute atomic E-state index is 0.0117. The predicted octanol–water partition coefficient (Wildman–Crippen LogP) is 3.13. The van der Waals surface area contributed by atoms with Gasteiger partial charge in [0.05, 0.1) is 0 Å². The van der Waals surface area contributed by atoms with Crippen molar-refractivity contribution < 1.29 is 9.84 Å².